The highest BCUT2D eigenvalue weighted by atomic mass is 16.5. The van der Waals surface area contributed by atoms with E-state index in [0.29, 0.717) is 6.04 Å². The van der Waals surface area contributed by atoms with E-state index in [1.54, 1.807) is 7.11 Å². The summed E-state index contributed by atoms with van der Waals surface area (Å²) in [6, 6.07) is 7.13. The van der Waals surface area contributed by atoms with Crippen molar-refractivity contribution in [3.8, 4) is 5.75 Å². The molecule has 1 N–H and O–H groups in total. The van der Waals surface area contributed by atoms with Crippen molar-refractivity contribution in [2.24, 2.45) is 17.8 Å². The fraction of sp³-hybridized carbons (Fsp3) is 0.667. The molecule has 2 nitrogen and oxygen atoms in total. The van der Waals surface area contributed by atoms with Crippen LogP contribution in [0.5, 0.6) is 5.75 Å². The number of likely N-dealkylation sites (N-methyl/N-ethyl adjacent to an activating group) is 1. The van der Waals surface area contributed by atoms with Gasteiger partial charge in [-0.1, -0.05) is 24.1 Å². The van der Waals surface area contributed by atoms with Gasteiger partial charge in [-0.3, -0.25) is 0 Å². The van der Waals surface area contributed by atoms with E-state index in [1.807, 2.05) is 0 Å². The predicted octanol–water partition coefficient (Wildman–Crippen LogP) is 3.57. The molecule has 110 valence electrons. The molecule has 0 aliphatic heterocycles. The average molecular weight is 273 g/mol. The van der Waals surface area contributed by atoms with Crippen LogP contribution >= 0.6 is 0 Å². The largest absolute Gasteiger partial charge is 0.496 e. The summed E-state index contributed by atoms with van der Waals surface area (Å²) in [7, 11) is 3.90. The monoisotopic (exact) mass is 273 g/mol. The van der Waals surface area contributed by atoms with Gasteiger partial charge >= 0.3 is 0 Å². The van der Waals surface area contributed by atoms with Crippen LogP contribution < -0.4 is 10.1 Å². The molecule has 0 heterocycles. The van der Waals surface area contributed by atoms with E-state index >= 15 is 0 Å². The Bertz CT molecular complexity index is 470. The van der Waals surface area contributed by atoms with Gasteiger partial charge in [0.25, 0.3) is 0 Å². The van der Waals surface area contributed by atoms with Gasteiger partial charge in [0.2, 0.25) is 0 Å². The van der Waals surface area contributed by atoms with Crippen LogP contribution in [-0.4, -0.2) is 20.2 Å². The van der Waals surface area contributed by atoms with Crippen molar-refractivity contribution in [3.63, 3.8) is 0 Å². The summed E-state index contributed by atoms with van der Waals surface area (Å²) < 4.78 is 5.54. The Morgan fingerprint density at radius 2 is 2.15 bits per heavy atom. The number of fused-ring (bicyclic) bond motifs is 2. The first-order valence-corrected chi connectivity index (χ1v) is 8.02. The minimum Gasteiger partial charge on any atom is -0.496 e. The van der Waals surface area contributed by atoms with Crippen LogP contribution in [-0.2, 0) is 6.42 Å². The fourth-order valence-electron chi connectivity index (χ4n) is 4.56. The van der Waals surface area contributed by atoms with Crippen LogP contribution in [0, 0.1) is 24.7 Å². The summed E-state index contributed by atoms with van der Waals surface area (Å²) in [6.07, 6.45) is 6.94. The number of benzene rings is 1. The van der Waals surface area contributed by atoms with Gasteiger partial charge in [0.05, 0.1) is 7.11 Å². The Kier molecular flexibility index (Phi) is 4.02. The molecule has 20 heavy (non-hydrogen) atoms. The van der Waals surface area contributed by atoms with Gasteiger partial charge in [-0.05, 0) is 69.0 Å². The average Bonchev–Trinajstić information content (AvgIpc) is 3.07. The first-order valence-electron chi connectivity index (χ1n) is 8.02. The van der Waals surface area contributed by atoms with Gasteiger partial charge in [-0.2, -0.15) is 0 Å². The number of hydrogen-bond donors (Lipinski definition) is 1. The Labute approximate surface area is 122 Å². The zero-order valence-electron chi connectivity index (χ0n) is 13.0. The van der Waals surface area contributed by atoms with E-state index in [0.717, 1.165) is 29.9 Å². The molecule has 0 amide bonds. The zero-order chi connectivity index (χ0) is 14.1. The van der Waals surface area contributed by atoms with E-state index in [9.17, 15) is 0 Å². The smallest absolute Gasteiger partial charge is 0.122 e. The van der Waals surface area contributed by atoms with Gasteiger partial charge < -0.3 is 10.1 Å². The maximum absolute atomic E-state index is 5.54. The standard InChI is InChI=1S/C18H27NO/c1-12-4-7-18(20-3)15(8-12)11-17(19-2)16-10-13-5-6-14(16)9-13/h4,7-8,13-14,16-17,19H,5-6,9-11H2,1-3H3. The second-order valence-corrected chi connectivity index (χ2v) is 6.75. The summed E-state index contributed by atoms with van der Waals surface area (Å²) in [6.45, 7) is 2.16. The molecule has 1 aromatic carbocycles. The molecule has 2 saturated carbocycles. The molecule has 3 rings (SSSR count). The highest BCUT2D eigenvalue weighted by molar-refractivity contribution is 5.37. The minimum atomic E-state index is 0.598. The Morgan fingerprint density at radius 3 is 2.75 bits per heavy atom. The van der Waals surface area contributed by atoms with Crippen LogP contribution in [0.4, 0.5) is 0 Å². The molecule has 4 unspecified atom stereocenters. The normalized spacial score (nSPS) is 29.6. The minimum absolute atomic E-state index is 0.598. The van der Waals surface area contributed by atoms with Crippen LogP contribution in [0.3, 0.4) is 0 Å². The highest BCUT2D eigenvalue weighted by Gasteiger charge is 2.42. The maximum Gasteiger partial charge on any atom is 0.122 e. The van der Waals surface area contributed by atoms with Crippen LogP contribution in [0.15, 0.2) is 18.2 Å². The van der Waals surface area contributed by atoms with Crippen LogP contribution in [0.1, 0.15) is 36.8 Å². The van der Waals surface area contributed by atoms with Gasteiger partial charge in [-0.15, -0.1) is 0 Å². The summed E-state index contributed by atoms with van der Waals surface area (Å²) in [4.78, 5) is 0. The third-order valence-electron chi connectivity index (χ3n) is 5.56. The van der Waals surface area contributed by atoms with Gasteiger partial charge in [0.15, 0.2) is 0 Å². The number of ether oxygens (including phenoxy) is 1. The van der Waals surface area contributed by atoms with Crippen molar-refractivity contribution in [1.82, 2.24) is 5.32 Å². The van der Waals surface area contributed by atoms with E-state index < -0.39 is 0 Å². The Morgan fingerprint density at radius 1 is 1.30 bits per heavy atom. The van der Waals surface area contributed by atoms with Crippen molar-refractivity contribution in [1.29, 1.82) is 0 Å². The molecule has 2 heteroatoms. The summed E-state index contributed by atoms with van der Waals surface area (Å²) in [5.74, 6) is 3.89. The second-order valence-electron chi connectivity index (χ2n) is 6.75. The summed E-state index contributed by atoms with van der Waals surface area (Å²) in [5, 5.41) is 3.59. The Hall–Kier alpha value is -1.02. The third-order valence-corrected chi connectivity index (χ3v) is 5.56. The maximum atomic E-state index is 5.54. The SMILES string of the molecule is CNC(Cc1cc(C)ccc1OC)C1CC2CCC1C2. The van der Waals surface area contributed by atoms with E-state index in [1.165, 1.54) is 36.8 Å². The first-order chi connectivity index (χ1) is 9.71. The lowest BCUT2D eigenvalue weighted by molar-refractivity contribution is 0.254. The molecule has 2 fully saturated rings. The summed E-state index contributed by atoms with van der Waals surface area (Å²) >= 11 is 0. The molecule has 2 aliphatic rings. The molecule has 0 radical (unpaired) electrons. The second kappa shape index (κ2) is 5.77. The van der Waals surface area contributed by atoms with E-state index in [2.05, 4.69) is 37.5 Å². The van der Waals surface area contributed by atoms with Crippen molar-refractivity contribution in [3.05, 3.63) is 29.3 Å². The van der Waals surface area contributed by atoms with Crippen molar-refractivity contribution < 1.29 is 4.74 Å². The molecule has 0 spiro atoms. The molecule has 2 bridgehead atoms. The number of hydrogen-bond acceptors (Lipinski definition) is 2. The molecule has 0 aromatic heterocycles. The van der Waals surface area contributed by atoms with Crippen molar-refractivity contribution >= 4 is 0 Å². The lowest BCUT2D eigenvalue weighted by Crippen LogP contribution is -2.38. The lowest BCUT2D eigenvalue weighted by atomic mass is 9.81. The van der Waals surface area contributed by atoms with Gasteiger partial charge in [0, 0.05) is 6.04 Å². The molecule has 4 atom stereocenters. The number of rotatable bonds is 5. The molecule has 0 saturated heterocycles. The summed E-state index contributed by atoms with van der Waals surface area (Å²) in [5.41, 5.74) is 2.68. The van der Waals surface area contributed by atoms with Crippen molar-refractivity contribution in [2.75, 3.05) is 14.2 Å². The van der Waals surface area contributed by atoms with E-state index in [-0.39, 0.29) is 0 Å². The molecule has 1 aromatic rings. The predicted molar refractivity (Wildman–Crippen MR) is 83.2 cm³/mol. The van der Waals surface area contributed by atoms with Crippen molar-refractivity contribution in [2.45, 2.75) is 45.1 Å². The number of nitrogens with one attached hydrogen (secondary N) is 1. The van der Waals surface area contributed by atoms with Crippen LogP contribution in [0.2, 0.25) is 0 Å². The van der Waals surface area contributed by atoms with E-state index in [4.69, 9.17) is 4.74 Å². The van der Waals surface area contributed by atoms with Gasteiger partial charge in [0.1, 0.15) is 5.75 Å². The fourth-order valence-corrected chi connectivity index (χ4v) is 4.56. The zero-order valence-corrected chi connectivity index (χ0v) is 13.0. The molecular weight excluding hydrogens is 246 g/mol. The first kappa shape index (κ1) is 13.9. The quantitative estimate of drug-likeness (QED) is 0.885. The highest BCUT2D eigenvalue weighted by Crippen LogP contribution is 2.50. The number of aryl methyl sites for hydroxylation is 1. The van der Waals surface area contributed by atoms with Gasteiger partial charge in [-0.25, -0.2) is 0 Å². The van der Waals surface area contributed by atoms with Crippen LogP contribution in [0.25, 0.3) is 0 Å². The topological polar surface area (TPSA) is 21.3 Å². The molecular formula is C18H27NO. The lowest BCUT2D eigenvalue weighted by Gasteiger charge is -2.31. The molecule has 2 aliphatic carbocycles. The Balaban J connectivity index is 1.76. The number of methoxy groups -OCH3 is 1. The third kappa shape index (κ3) is 2.58.